The van der Waals surface area contributed by atoms with Gasteiger partial charge in [-0.25, -0.2) is 0 Å². The van der Waals surface area contributed by atoms with E-state index >= 15 is 0 Å². The summed E-state index contributed by atoms with van der Waals surface area (Å²) in [7, 11) is 0. The molecule has 0 bridgehead atoms. The van der Waals surface area contributed by atoms with Crippen LogP contribution in [0.4, 0.5) is 0 Å². The summed E-state index contributed by atoms with van der Waals surface area (Å²) in [5.74, 6) is -1.10. The number of rotatable bonds is 4. The van der Waals surface area contributed by atoms with E-state index in [2.05, 4.69) is 0 Å². The van der Waals surface area contributed by atoms with Gasteiger partial charge in [-0.3, -0.25) is 14.4 Å². The third kappa shape index (κ3) is 2.40. The van der Waals surface area contributed by atoms with E-state index in [4.69, 9.17) is 4.74 Å². The Morgan fingerprint density at radius 3 is 2.22 bits per heavy atom. The number of hydrogen-bond acceptors (Lipinski definition) is 5. The van der Waals surface area contributed by atoms with Crippen molar-refractivity contribution in [2.75, 3.05) is 6.61 Å². The van der Waals surface area contributed by atoms with Crippen molar-refractivity contribution < 1.29 is 24.2 Å². The Morgan fingerprint density at radius 2 is 1.61 bits per heavy atom. The molecule has 23 heavy (non-hydrogen) atoms. The lowest BCUT2D eigenvalue weighted by molar-refractivity contribution is -0.120. The Labute approximate surface area is 132 Å². The Kier molecular flexibility index (Phi) is 3.70. The van der Waals surface area contributed by atoms with Crippen LogP contribution in [0.15, 0.2) is 36.4 Å². The molecule has 0 aliphatic heterocycles. The molecule has 0 fully saturated rings. The van der Waals surface area contributed by atoms with E-state index in [1.165, 1.54) is 12.1 Å². The van der Waals surface area contributed by atoms with Crippen LogP contribution in [-0.2, 0) is 4.79 Å². The predicted octanol–water partition coefficient (Wildman–Crippen LogP) is 2.53. The number of phenols is 1. The number of carbonyl (C=O) groups excluding carboxylic acids is 3. The van der Waals surface area contributed by atoms with Gasteiger partial charge in [0.25, 0.3) is 0 Å². The van der Waals surface area contributed by atoms with Crippen LogP contribution >= 0.6 is 0 Å². The van der Waals surface area contributed by atoms with Crippen molar-refractivity contribution in [1.82, 2.24) is 0 Å². The van der Waals surface area contributed by atoms with Crippen LogP contribution in [0.2, 0.25) is 0 Å². The van der Waals surface area contributed by atoms with Gasteiger partial charge in [-0.1, -0.05) is 31.2 Å². The van der Waals surface area contributed by atoms with Gasteiger partial charge in [0, 0.05) is 17.5 Å². The Balaban J connectivity index is 2.13. The minimum absolute atomic E-state index is 0.0117. The number of Topliss-reactive ketones (excluding diaryl/α,β-unsaturated/α-hetero) is 1. The van der Waals surface area contributed by atoms with Crippen molar-refractivity contribution in [1.29, 1.82) is 0 Å². The molecule has 1 aliphatic carbocycles. The van der Waals surface area contributed by atoms with Gasteiger partial charge in [0.05, 0.1) is 11.1 Å². The highest BCUT2D eigenvalue weighted by atomic mass is 16.5. The standard InChI is InChI=1S/C18H14O5/c1-2-10(19)9-23-14-8-7-13(20)15-16(14)18(22)12-6-4-3-5-11(12)17(15)21/h3-8,20H,2,9H2,1H3. The molecule has 0 heterocycles. The number of aromatic hydroxyl groups is 1. The van der Waals surface area contributed by atoms with Gasteiger partial charge in [0.2, 0.25) is 0 Å². The summed E-state index contributed by atoms with van der Waals surface area (Å²) < 4.78 is 5.41. The highest BCUT2D eigenvalue weighted by Gasteiger charge is 2.34. The molecule has 0 amide bonds. The molecule has 5 nitrogen and oxygen atoms in total. The van der Waals surface area contributed by atoms with Gasteiger partial charge >= 0.3 is 0 Å². The van der Waals surface area contributed by atoms with Crippen LogP contribution in [0.1, 0.15) is 45.2 Å². The van der Waals surface area contributed by atoms with Crippen LogP contribution in [0.25, 0.3) is 0 Å². The monoisotopic (exact) mass is 310 g/mol. The van der Waals surface area contributed by atoms with Crippen molar-refractivity contribution >= 4 is 17.3 Å². The summed E-state index contributed by atoms with van der Waals surface area (Å²) in [6, 6.07) is 9.13. The molecular formula is C18H14O5. The molecule has 1 N–H and O–H groups in total. The van der Waals surface area contributed by atoms with Crippen LogP contribution in [0.3, 0.4) is 0 Å². The SMILES string of the molecule is CCC(=O)COc1ccc(O)c2c1C(=O)c1ccccc1C2=O. The average molecular weight is 310 g/mol. The number of hydrogen-bond donors (Lipinski definition) is 1. The van der Waals surface area contributed by atoms with Crippen molar-refractivity contribution in [3.05, 3.63) is 58.7 Å². The van der Waals surface area contributed by atoms with E-state index < -0.39 is 11.6 Å². The molecule has 3 rings (SSSR count). The molecule has 0 aromatic heterocycles. The fourth-order valence-electron chi connectivity index (χ4n) is 2.56. The first-order chi connectivity index (χ1) is 11.0. The molecule has 2 aromatic rings. The maximum Gasteiger partial charge on any atom is 0.198 e. The zero-order chi connectivity index (χ0) is 16.6. The minimum atomic E-state index is -0.431. The first-order valence-corrected chi connectivity index (χ1v) is 7.23. The summed E-state index contributed by atoms with van der Waals surface area (Å²) in [5, 5.41) is 10.0. The van der Waals surface area contributed by atoms with Gasteiger partial charge in [0.15, 0.2) is 17.3 Å². The average Bonchev–Trinajstić information content (AvgIpc) is 2.58. The third-order valence-corrected chi connectivity index (χ3v) is 3.80. The Bertz CT molecular complexity index is 835. The smallest absolute Gasteiger partial charge is 0.198 e. The van der Waals surface area contributed by atoms with E-state index in [9.17, 15) is 19.5 Å². The van der Waals surface area contributed by atoms with Crippen molar-refractivity contribution in [3.8, 4) is 11.5 Å². The molecule has 0 spiro atoms. The molecule has 0 saturated carbocycles. The normalized spacial score (nSPS) is 12.6. The first-order valence-electron chi connectivity index (χ1n) is 7.23. The third-order valence-electron chi connectivity index (χ3n) is 3.80. The van der Waals surface area contributed by atoms with Crippen LogP contribution < -0.4 is 4.74 Å². The van der Waals surface area contributed by atoms with Gasteiger partial charge in [-0.2, -0.15) is 0 Å². The van der Waals surface area contributed by atoms with Crippen molar-refractivity contribution in [2.45, 2.75) is 13.3 Å². The molecule has 0 atom stereocenters. The van der Waals surface area contributed by atoms with E-state index in [1.807, 2.05) is 0 Å². The predicted molar refractivity (Wildman–Crippen MR) is 82.2 cm³/mol. The number of ether oxygens (including phenoxy) is 1. The van der Waals surface area contributed by atoms with Gasteiger partial charge in [-0.05, 0) is 12.1 Å². The minimum Gasteiger partial charge on any atom is -0.507 e. The molecule has 5 heteroatoms. The molecular weight excluding hydrogens is 296 g/mol. The largest absolute Gasteiger partial charge is 0.507 e. The number of benzene rings is 2. The Hall–Kier alpha value is -2.95. The fraction of sp³-hybridized carbons (Fsp3) is 0.167. The number of phenolic OH excluding ortho intramolecular Hbond substituents is 1. The summed E-state index contributed by atoms with van der Waals surface area (Å²) in [6.07, 6.45) is 0.315. The molecule has 0 saturated heterocycles. The first kappa shape index (κ1) is 15.0. The van der Waals surface area contributed by atoms with Gasteiger partial charge in [-0.15, -0.1) is 0 Å². The van der Waals surface area contributed by atoms with Crippen LogP contribution in [-0.4, -0.2) is 29.1 Å². The number of carbonyl (C=O) groups is 3. The molecule has 0 unspecified atom stereocenters. The summed E-state index contributed by atoms with van der Waals surface area (Å²) in [6.45, 7) is 1.53. The topological polar surface area (TPSA) is 80.7 Å². The van der Waals surface area contributed by atoms with Crippen molar-refractivity contribution in [2.24, 2.45) is 0 Å². The van der Waals surface area contributed by atoms with E-state index in [0.717, 1.165) is 0 Å². The molecule has 1 aliphatic rings. The fourth-order valence-corrected chi connectivity index (χ4v) is 2.56. The summed E-state index contributed by atoms with van der Waals surface area (Å²) in [4.78, 5) is 36.7. The lowest BCUT2D eigenvalue weighted by Crippen LogP contribution is -2.22. The van der Waals surface area contributed by atoms with Gasteiger partial charge in [0.1, 0.15) is 18.1 Å². The zero-order valence-corrected chi connectivity index (χ0v) is 12.5. The number of ketones is 3. The lowest BCUT2D eigenvalue weighted by atomic mass is 9.83. The summed E-state index contributed by atoms with van der Waals surface area (Å²) >= 11 is 0. The van der Waals surface area contributed by atoms with E-state index in [1.54, 1.807) is 31.2 Å². The molecule has 116 valence electrons. The zero-order valence-electron chi connectivity index (χ0n) is 12.5. The maximum atomic E-state index is 12.7. The van der Waals surface area contributed by atoms with Crippen molar-refractivity contribution in [3.63, 3.8) is 0 Å². The maximum absolute atomic E-state index is 12.7. The second-order valence-corrected chi connectivity index (χ2v) is 5.22. The number of fused-ring (bicyclic) bond motifs is 2. The highest BCUT2D eigenvalue weighted by Crippen LogP contribution is 2.37. The van der Waals surface area contributed by atoms with E-state index in [-0.39, 0.29) is 46.1 Å². The summed E-state index contributed by atoms with van der Waals surface area (Å²) in [5.41, 5.74) is 0.456. The second-order valence-electron chi connectivity index (χ2n) is 5.22. The quantitative estimate of drug-likeness (QED) is 0.801. The molecule has 2 aromatic carbocycles. The molecule has 0 radical (unpaired) electrons. The van der Waals surface area contributed by atoms with Crippen LogP contribution in [0.5, 0.6) is 11.5 Å². The Morgan fingerprint density at radius 1 is 1.00 bits per heavy atom. The van der Waals surface area contributed by atoms with Crippen LogP contribution in [0, 0.1) is 0 Å². The second kappa shape index (κ2) is 5.68. The van der Waals surface area contributed by atoms with E-state index in [0.29, 0.717) is 6.42 Å². The van der Waals surface area contributed by atoms with Gasteiger partial charge < -0.3 is 9.84 Å². The highest BCUT2D eigenvalue weighted by molar-refractivity contribution is 6.30. The lowest BCUT2D eigenvalue weighted by Gasteiger charge is -2.20.